The summed E-state index contributed by atoms with van der Waals surface area (Å²) in [6.45, 7) is -0.377. The molecule has 9 fully saturated rings. The Kier molecular flexibility index (Phi) is 24.8. The first kappa shape index (κ1) is 70.7. The molecular formula is C58H93O31+. The first-order valence-corrected chi connectivity index (χ1v) is 31.0. The lowest BCUT2D eigenvalue weighted by atomic mass is 9.72. The fraction of sp³-hybridized carbons (Fsp3) is 0.897. The molecule has 4 saturated carbocycles. The molecule has 0 aromatic carbocycles. The Bertz CT molecular complexity index is 2300. The van der Waals surface area contributed by atoms with Gasteiger partial charge in [-0.05, 0) is 83.0 Å². The molecule has 0 aromatic heterocycles. The molecule has 4 aliphatic carbocycles. The highest BCUT2D eigenvalue weighted by molar-refractivity contribution is 5.82. The van der Waals surface area contributed by atoms with Crippen molar-refractivity contribution in [1.29, 1.82) is 0 Å². The van der Waals surface area contributed by atoms with Crippen LogP contribution in [0.15, 0.2) is 24.3 Å². The number of ether oxygens (including phenoxy) is 12. The van der Waals surface area contributed by atoms with Gasteiger partial charge in [0.25, 0.3) is 0 Å². The van der Waals surface area contributed by atoms with E-state index in [9.17, 15) is 96.4 Å². The minimum atomic E-state index is -1.92. The van der Waals surface area contributed by atoms with Crippen LogP contribution in [0, 0.1) is 23.7 Å². The van der Waals surface area contributed by atoms with Crippen molar-refractivity contribution in [2.24, 2.45) is 23.7 Å². The largest absolute Gasteiger partial charge is 0.460 e. The minimum absolute atomic E-state index is 0.0109. The summed E-state index contributed by atoms with van der Waals surface area (Å²) in [4.78, 5) is 25.6. The smallest absolute Gasteiger partial charge is 0.330 e. The lowest BCUT2D eigenvalue weighted by Crippen LogP contribution is -2.65. The molecule has 0 amide bonds. The van der Waals surface area contributed by atoms with E-state index in [4.69, 9.17) is 56.8 Å². The van der Waals surface area contributed by atoms with E-state index in [2.05, 4.69) is 0 Å². The molecule has 9 aliphatic rings. The molecule has 5 heterocycles. The molecular weight excluding hydrogens is 1190 g/mol. The van der Waals surface area contributed by atoms with Crippen molar-refractivity contribution in [2.75, 3.05) is 26.9 Å². The summed E-state index contributed by atoms with van der Waals surface area (Å²) in [7, 11) is 1.38. The summed E-state index contributed by atoms with van der Waals surface area (Å²) < 4.78 is 69.3. The van der Waals surface area contributed by atoms with Crippen molar-refractivity contribution in [1.82, 2.24) is 0 Å². The number of carbonyl (C=O) groups is 2. The van der Waals surface area contributed by atoms with Crippen molar-refractivity contribution in [3.05, 3.63) is 24.3 Å². The fourth-order valence-electron chi connectivity index (χ4n) is 14.0. The fourth-order valence-corrected chi connectivity index (χ4v) is 14.0. The molecule has 13 unspecified atom stereocenters. The van der Waals surface area contributed by atoms with Crippen LogP contribution in [0.3, 0.4) is 0 Å². The summed E-state index contributed by atoms with van der Waals surface area (Å²) in [5.74, 6) is -3.09. The highest BCUT2D eigenvalue weighted by Crippen LogP contribution is 2.45. The lowest BCUT2D eigenvalue weighted by Gasteiger charge is -2.50. The second-order valence-electron chi connectivity index (χ2n) is 25.5. The SMILES string of the molecule is COC1CC(C2[OH+]C3CC(O)CC(O[C@@H]4O[C@H](CO)[C@@H](O)[C@H](O)[C@H]4O)C3CC2O[C@@H]2O[C@H](CO[C@@H]3O[C@@H](C)[C@H](OC(=O)C=CC4CCC(O[C@@H]5O[C@H](COC(=O)C=CC6CCC(O)C(O)C6)[C@@H](O)[C@H](O)[C@H]5O)CC4)[C@@H](O)[C@H]3O)[C@@H](O)[C@H](O)[C@H]2O)CC(O)C1O. The molecule has 5 aliphatic heterocycles. The Morgan fingerprint density at radius 3 is 1.69 bits per heavy atom. The van der Waals surface area contributed by atoms with Gasteiger partial charge in [0.15, 0.2) is 43.5 Å². The van der Waals surface area contributed by atoms with Crippen molar-refractivity contribution >= 4 is 11.9 Å². The molecule has 9 rings (SSSR count). The summed E-state index contributed by atoms with van der Waals surface area (Å²) in [6, 6.07) is 0. The third-order valence-electron chi connectivity index (χ3n) is 19.4. The highest BCUT2D eigenvalue weighted by Gasteiger charge is 2.58. The van der Waals surface area contributed by atoms with Gasteiger partial charge in [0.1, 0.15) is 104 Å². The molecule has 18 N–H and O–H groups in total. The Balaban J connectivity index is 0.757. The van der Waals surface area contributed by atoms with E-state index < -0.39 is 234 Å². The minimum Gasteiger partial charge on any atom is -0.460 e. The number of esters is 2. The van der Waals surface area contributed by atoms with Crippen LogP contribution in [-0.2, 0) is 61.7 Å². The third-order valence-corrected chi connectivity index (χ3v) is 19.4. The van der Waals surface area contributed by atoms with Crippen LogP contribution in [0.25, 0.3) is 0 Å². The highest BCUT2D eigenvalue weighted by atomic mass is 16.7. The van der Waals surface area contributed by atoms with Gasteiger partial charge >= 0.3 is 11.9 Å². The van der Waals surface area contributed by atoms with Gasteiger partial charge < -0.3 is 144 Å². The van der Waals surface area contributed by atoms with Crippen LogP contribution >= 0.6 is 0 Å². The molecule has 31 nitrogen and oxygen atoms in total. The second-order valence-corrected chi connectivity index (χ2v) is 25.5. The molecule has 510 valence electrons. The second kappa shape index (κ2) is 31.3. The average molecular weight is 1290 g/mol. The van der Waals surface area contributed by atoms with Crippen LogP contribution in [0.2, 0.25) is 0 Å². The summed E-state index contributed by atoms with van der Waals surface area (Å²) >= 11 is 0. The number of aliphatic hydroxyl groups excluding tert-OH is 17. The van der Waals surface area contributed by atoms with Gasteiger partial charge in [0.2, 0.25) is 0 Å². The number of carbonyl (C=O) groups excluding carboxylic acids is 2. The average Bonchev–Trinajstić information content (AvgIpc) is 0.919. The van der Waals surface area contributed by atoms with E-state index in [1.165, 1.54) is 26.2 Å². The summed E-state index contributed by atoms with van der Waals surface area (Å²) in [6.07, 6.45) is -33.1. The van der Waals surface area contributed by atoms with E-state index >= 15 is 0 Å². The van der Waals surface area contributed by atoms with Gasteiger partial charge in [-0.15, -0.1) is 0 Å². The van der Waals surface area contributed by atoms with Crippen molar-refractivity contribution < 1.29 is 153 Å². The molecule has 33 atom stereocenters. The predicted molar refractivity (Wildman–Crippen MR) is 293 cm³/mol. The van der Waals surface area contributed by atoms with E-state index in [1.54, 1.807) is 12.2 Å². The molecule has 5 saturated heterocycles. The Labute approximate surface area is 512 Å². The van der Waals surface area contributed by atoms with Crippen molar-refractivity contribution in [3.8, 4) is 0 Å². The number of hydrogen-bond acceptors (Lipinski definition) is 30. The lowest BCUT2D eigenvalue weighted by molar-refractivity contribution is -0.371. The molecule has 89 heavy (non-hydrogen) atoms. The van der Waals surface area contributed by atoms with Crippen LogP contribution in [0.1, 0.15) is 84.0 Å². The van der Waals surface area contributed by atoms with E-state index in [0.29, 0.717) is 38.5 Å². The maximum atomic E-state index is 13.2. The summed E-state index contributed by atoms with van der Waals surface area (Å²) in [5, 5.41) is 182. The zero-order valence-electron chi connectivity index (χ0n) is 49.5. The van der Waals surface area contributed by atoms with Crippen LogP contribution in [0.5, 0.6) is 0 Å². The molecule has 31 heteroatoms. The quantitative estimate of drug-likeness (QED) is 0.0325. The topological polar surface area (TPSA) is 492 Å². The van der Waals surface area contributed by atoms with E-state index in [1.807, 2.05) is 0 Å². The number of aliphatic hydroxyl groups is 19. The summed E-state index contributed by atoms with van der Waals surface area (Å²) in [5.41, 5.74) is 0. The number of fused-ring (bicyclic) bond motifs is 1. The third kappa shape index (κ3) is 16.7. The van der Waals surface area contributed by atoms with Crippen molar-refractivity contribution in [2.45, 2.75) is 274 Å². The van der Waals surface area contributed by atoms with Gasteiger partial charge in [-0.25, -0.2) is 9.59 Å². The molecule has 0 aromatic rings. The number of hydrogen-bond donors (Lipinski definition) is 17. The number of rotatable bonds is 19. The van der Waals surface area contributed by atoms with Gasteiger partial charge in [-0.1, -0.05) is 12.2 Å². The zero-order valence-corrected chi connectivity index (χ0v) is 49.5. The standard InChI is InChI=1S/C58H92O31/c1-22-53(89-40(65)12-6-23-3-8-27(9-4-23)82-56-49(74)46(71)43(68)37(87-56)20-79-39(64)11-7-24-5-10-29(61)30(62)13-24)48(73)52(77)55(81-22)80-21-38-44(69)47(72)51(76)58(88-38)85-35-18-28-32(83-54(35)25-14-31(63)41(66)34(15-25)78-2)16-26(60)17-33(28)84-57-50(75)45(70)42(67)36(19-59)86-57/h6-7,11-12,22-38,41-63,66-77H,3-5,8-10,13-21H2,1-2H3/p+1/t22-,23?,24?,25?,26?,27?,28?,29?,30?,31?,32?,33?,34?,35?,36+,37+,38+,41?,42+,43+,44+,45-,46-,47-,48-,49+,50+,51+,52+,53-,54?,55+,56+,57+,58+/m0/s1. The maximum absolute atomic E-state index is 13.2. The first-order chi connectivity index (χ1) is 42.3. The van der Waals surface area contributed by atoms with Gasteiger partial charge in [0, 0.05) is 38.0 Å². The number of methoxy groups -OCH3 is 1. The Morgan fingerprint density at radius 2 is 1.06 bits per heavy atom. The maximum Gasteiger partial charge on any atom is 0.330 e. The number of allylic oxidation sites excluding steroid dienone is 2. The van der Waals surface area contributed by atoms with Gasteiger partial charge in [-0.2, -0.15) is 0 Å². The molecule has 0 spiro atoms. The zero-order chi connectivity index (χ0) is 64.3. The van der Waals surface area contributed by atoms with Crippen LogP contribution in [0.4, 0.5) is 0 Å². The first-order valence-electron chi connectivity index (χ1n) is 31.0. The monoisotopic (exact) mass is 1290 g/mol. The Morgan fingerprint density at radius 1 is 0.494 bits per heavy atom. The Hall–Kier alpha value is -2.66. The van der Waals surface area contributed by atoms with Crippen LogP contribution in [-0.4, -0.2) is 320 Å². The van der Waals surface area contributed by atoms with E-state index in [-0.39, 0.29) is 50.4 Å². The molecule has 0 radical (unpaired) electrons. The van der Waals surface area contributed by atoms with Gasteiger partial charge in [-0.3, -0.25) is 0 Å². The van der Waals surface area contributed by atoms with E-state index in [0.717, 1.165) is 0 Å². The van der Waals surface area contributed by atoms with Gasteiger partial charge in [0.05, 0.1) is 68.0 Å². The normalized spacial score (nSPS) is 50.1. The van der Waals surface area contributed by atoms with Crippen LogP contribution < -0.4 is 0 Å². The molecule has 0 bridgehead atoms. The van der Waals surface area contributed by atoms with Crippen molar-refractivity contribution in [3.63, 3.8) is 0 Å². The predicted octanol–water partition coefficient (Wildman–Crippen LogP) is -7.09.